The molecule has 0 saturated carbocycles. The summed E-state index contributed by atoms with van der Waals surface area (Å²) in [5, 5.41) is 2.14. The van der Waals surface area contributed by atoms with Crippen LogP contribution in [0.25, 0.3) is 16.5 Å². The first-order valence-corrected chi connectivity index (χ1v) is 9.64. The van der Waals surface area contributed by atoms with Crippen LogP contribution in [0.3, 0.4) is 0 Å². The number of hydrogen-bond donors (Lipinski definition) is 0. The molecule has 0 unspecified atom stereocenters. The third kappa shape index (κ3) is 3.36. The van der Waals surface area contributed by atoms with Gasteiger partial charge >= 0.3 is 0 Å². The Bertz CT molecular complexity index is 1250. The second kappa shape index (κ2) is 7.80. The third-order valence-electron chi connectivity index (χ3n) is 5.08. The van der Waals surface area contributed by atoms with Crippen molar-refractivity contribution >= 4 is 22.7 Å². The first-order valence-electron chi connectivity index (χ1n) is 9.64. The lowest BCUT2D eigenvalue weighted by Crippen LogP contribution is -2.19. The van der Waals surface area contributed by atoms with Gasteiger partial charge in [0.1, 0.15) is 5.75 Å². The van der Waals surface area contributed by atoms with Crippen molar-refractivity contribution in [1.29, 1.82) is 0 Å². The number of aromatic nitrogens is 2. The molecule has 0 aliphatic rings. The summed E-state index contributed by atoms with van der Waals surface area (Å²) in [4.78, 5) is 17.7. The lowest BCUT2D eigenvalue weighted by atomic mass is 10.0. The molecule has 0 spiro atoms. The minimum absolute atomic E-state index is 0.148. The Morgan fingerprint density at radius 2 is 1.72 bits per heavy atom. The average molecular weight is 385 g/mol. The van der Waals surface area contributed by atoms with Crippen LogP contribution in [-0.2, 0) is 7.05 Å². The minimum Gasteiger partial charge on any atom is -0.493 e. The molecular weight excluding hydrogens is 362 g/mol. The number of benzene rings is 3. The van der Waals surface area contributed by atoms with E-state index in [9.17, 15) is 4.79 Å². The van der Waals surface area contributed by atoms with Crippen molar-refractivity contribution in [2.75, 3.05) is 6.61 Å². The van der Waals surface area contributed by atoms with E-state index < -0.39 is 0 Å². The predicted molar refractivity (Wildman–Crippen MR) is 118 cm³/mol. The van der Waals surface area contributed by atoms with E-state index >= 15 is 0 Å². The SMILES string of the molecule is CCOc1ccc2ccccc2c1C=Nc1c(C)n(C)n(-c2ccccc2)c1=O. The lowest BCUT2D eigenvalue weighted by Gasteiger charge is -2.10. The molecule has 0 aliphatic carbocycles. The van der Waals surface area contributed by atoms with Crippen molar-refractivity contribution in [3.63, 3.8) is 0 Å². The van der Waals surface area contributed by atoms with Crippen LogP contribution in [-0.4, -0.2) is 22.2 Å². The Balaban J connectivity index is 1.86. The van der Waals surface area contributed by atoms with Gasteiger partial charge < -0.3 is 4.74 Å². The highest BCUT2D eigenvalue weighted by atomic mass is 16.5. The number of ether oxygens (including phenoxy) is 1. The van der Waals surface area contributed by atoms with Gasteiger partial charge in [-0.25, -0.2) is 9.67 Å². The van der Waals surface area contributed by atoms with Gasteiger partial charge in [0.2, 0.25) is 0 Å². The predicted octanol–water partition coefficient (Wildman–Crippen LogP) is 4.79. The van der Waals surface area contributed by atoms with E-state index in [1.54, 1.807) is 10.9 Å². The average Bonchev–Trinajstić information content (AvgIpc) is 2.96. The molecule has 5 nitrogen and oxygen atoms in total. The van der Waals surface area contributed by atoms with Crippen LogP contribution in [0.4, 0.5) is 5.69 Å². The Morgan fingerprint density at radius 1 is 1.00 bits per heavy atom. The van der Waals surface area contributed by atoms with Gasteiger partial charge in [-0.15, -0.1) is 0 Å². The smallest absolute Gasteiger partial charge is 0.297 e. The largest absolute Gasteiger partial charge is 0.493 e. The number of fused-ring (bicyclic) bond motifs is 1. The quantitative estimate of drug-likeness (QED) is 0.464. The lowest BCUT2D eigenvalue weighted by molar-refractivity contribution is 0.340. The highest BCUT2D eigenvalue weighted by Crippen LogP contribution is 2.27. The van der Waals surface area contributed by atoms with Crippen molar-refractivity contribution in [3.05, 3.63) is 88.3 Å². The molecule has 0 atom stereocenters. The maximum atomic E-state index is 13.1. The van der Waals surface area contributed by atoms with Gasteiger partial charge in [-0.2, -0.15) is 0 Å². The number of aliphatic imine (C=N–C) groups is 1. The number of para-hydroxylation sites is 1. The first-order chi connectivity index (χ1) is 14.1. The molecule has 5 heteroatoms. The summed E-state index contributed by atoms with van der Waals surface area (Å²) >= 11 is 0. The summed E-state index contributed by atoms with van der Waals surface area (Å²) < 4.78 is 9.28. The molecule has 0 aliphatic heterocycles. The third-order valence-corrected chi connectivity index (χ3v) is 5.08. The molecule has 0 saturated heterocycles. The van der Waals surface area contributed by atoms with E-state index in [-0.39, 0.29) is 5.56 Å². The van der Waals surface area contributed by atoms with Crippen molar-refractivity contribution in [2.45, 2.75) is 13.8 Å². The molecule has 29 heavy (non-hydrogen) atoms. The van der Waals surface area contributed by atoms with Gasteiger partial charge in [0.05, 0.1) is 18.0 Å². The Hall–Kier alpha value is -3.60. The summed E-state index contributed by atoms with van der Waals surface area (Å²) in [5.41, 5.74) is 2.76. The highest BCUT2D eigenvalue weighted by Gasteiger charge is 2.15. The Labute approximate surface area is 169 Å². The van der Waals surface area contributed by atoms with Crippen LogP contribution in [0.15, 0.2) is 76.5 Å². The fourth-order valence-electron chi connectivity index (χ4n) is 3.52. The molecule has 0 radical (unpaired) electrons. The summed E-state index contributed by atoms with van der Waals surface area (Å²) in [5.74, 6) is 0.756. The van der Waals surface area contributed by atoms with Gasteiger partial charge in [0.15, 0.2) is 5.69 Å². The topological polar surface area (TPSA) is 48.5 Å². The Kier molecular flexibility index (Phi) is 5.04. The maximum Gasteiger partial charge on any atom is 0.297 e. The molecule has 4 aromatic rings. The fourth-order valence-corrected chi connectivity index (χ4v) is 3.52. The minimum atomic E-state index is -0.148. The molecule has 1 aromatic heterocycles. The van der Waals surface area contributed by atoms with Gasteiger partial charge in [-0.05, 0) is 42.8 Å². The van der Waals surface area contributed by atoms with Crippen molar-refractivity contribution in [2.24, 2.45) is 12.0 Å². The fraction of sp³-hybridized carbons (Fsp3) is 0.167. The standard InChI is InChI=1S/C24H23N3O2/c1-4-29-22-15-14-18-10-8-9-13-20(18)21(22)16-25-23-17(2)26(3)27(24(23)28)19-11-6-5-7-12-19/h5-16H,4H2,1-3H3. The van der Waals surface area contributed by atoms with Crippen LogP contribution < -0.4 is 10.3 Å². The van der Waals surface area contributed by atoms with Crippen LogP contribution in [0.5, 0.6) is 5.75 Å². The number of hydrogen-bond acceptors (Lipinski definition) is 3. The summed E-state index contributed by atoms with van der Waals surface area (Å²) in [6, 6.07) is 21.7. The molecule has 146 valence electrons. The van der Waals surface area contributed by atoms with Crippen LogP contribution >= 0.6 is 0 Å². The number of nitrogens with zero attached hydrogens (tertiary/aromatic N) is 3. The van der Waals surface area contributed by atoms with Crippen LogP contribution in [0.1, 0.15) is 18.2 Å². The van der Waals surface area contributed by atoms with Gasteiger partial charge in [0, 0.05) is 18.8 Å². The van der Waals surface area contributed by atoms with Gasteiger partial charge in [-0.1, -0.05) is 48.5 Å². The molecule has 0 bridgehead atoms. The summed E-state index contributed by atoms with van der Waals surface area (Å²) in [6.07, 6.45) is 1.74. The molecule has 0 amide bonds. The molecule has 0 fully saturated rings. The normalized spacial score (nSPS) is 11.4. The molecule has 3 aromatic carbocycles. The molecule has 4 rings (SSSR count). The van der Waals surface area contributed by atoms with E-state index in [2.05, 4.69) is 11.1 Å². The van der Waals surface area contributed by atoms with Gasteiger partial charge in [-0.3, -0.25) is 9.48 Å². The monoisotopic (exact) mass is 385 g/mol. The van der Waals surface area contributed by atoms with Crippen LogP contribution in [0.2, 0.25) is 0 Å². The van der Waals surface area contributed by atoms with E-state index in [1.807, 2.05) is 86.2 Å². The zero-order valence-electron chi connectivity index (χ0n) is 16.8. The Morgan fingerprint density at radius 3 is 2.48 bits per heavy atom. The zero-order valence-corrected chi connectivity index (χ0v) is 16.8. The summed E-state index contributed by atoms with van der Waals surface area (Å²) in [6.45, 7) is 4.42. The second-order valence-electron chi connectivity index (χ2n) is 6.80. The van der Waals surface area contributed by atoms with E-state index in [0.29, 0.717) is 12.3 Å². The first kappa shape index (κ1) is 18.7. The molecular formula is C24H23N3O2. The van der Waals surface area contributed by atoms with E-state index in [0.717, 1.165) is 33.5 Å². The molecule has 1 heterocycles. The van der Waals surface area contributed by atoms with Crippen molar-refractivity contribution in [1.82, 2.24) is 9.36 Å². The molecule has 0 N–H and O–H groups in total. The van der Waals surface area contributed by atoms with E-state index in [4.69, 9.17) is 4.74 Å². The van der Waals surface area contributed by atoms with Crippen molar-refractivity contribution in [3.8, 4) is 11.4 Å². The second-order valence-corrected chi connectivity index (χ2v) is 6.80. The number of rotatable bonds is 5. The van der Waals surface area contributed by atoms with E-state index in [1.165, 1.54) is 0 Å². The zero-order chi connectivity index (χ0) is 20.4. The maximum absolute atomic E-state index is 13.1. The highest BCUT2D eigenvalue weighted by molar-refractivity contribution is 6.03. The summed E-state index contributed by atoms with van der Waals surface area (Å²) in [7, 11) is 1.87. The van der Waals surface area contributed by atoms with Crippen LogP contribution in [0, 0.1) is 6.92 Å². The van der Waals surface area contributed by atoms with Crippen molar-refractivity contribution < 1.29 is 4.74 Å². The van der Waals surface area contributed by atoms with Gasteiger partial charge in [0.25, 0.3) is 5.56 Å².